The Morgan fingerprint density at radius 2 is 2.04 bits per heavy atom. The monoisotopic (exact) mass is 342 g/mol. The zero-order chi connectivity index (χ0) is 17.9. The van der Waals surface area contributed by atoms with Crippen LogP contribution in [-0.4, -0.2) is 24.8 Å². The number of carbonyl (C=O) groups is 1. The number of amides is 1. The lowest BCUT2D eigenvalue weighted by molar-refractivity contribution is -0.138. The molecular weight excluding hydrogens is 321 g/mol. The summed E-state index contributed by atoms with van der Waals surface area (Å²) in [7, 11) is 0. The van der Waals surface area contributed by atoms with E-state index in [1.807, 2.05) is 13.8 Å². The second kappa shape index (κ2) is 7.23. The van der Waals surface area contributed by atoms with Gasteiger partial charge < -0.3 is 10.1 Å². The lowest BCUT2D eigenvalue weighted by Gasteiger charge is -2.21. The van der Waals surface area contributed by atoms with Crippen molar-refractivity contribution in [3.05, 3.63) is 29.3 Å². The summed E-state index contributed by atoms with van der Waals surface area (Å²) in [5, 5.41) is 2.65. The fourth-order valence-corrected chi connectivity index (χ4v) is 2.40. The summed E-state index contributed by atoms with van der Waals surface area (Å²) in [5.74, 6) is -0.128. The molecule has 0 aliphatic carbocycles. The summed E-state index contributed by atoms with van der Waals surface area (Å²) in [4.78, 5) is 15.9. The Morgan fingerprint density at radius 1 is 1.38 bits per heavy atom. The molecule has 0 bridgehead atoms. The standard InChI is InChI=1S/C17H21F3N2O2/c1-4-21-16(23)15(7-10(2)3)24-11-5-6-12(14-9-22-14)13(8-11)17(18,19)20/h5-6,8-10,14-15H,4,7H2,1-3H3,(H,21,23). The molecule has 1 N–H and O–H groups in total. The van der Waals surface area contributed by atoms with E-state index in [9.17, 15) is 18.0 Å². The lowest BCUT2D eigenvalue weighted by atomic mass is 10.0. The van der Waals surface area contributed by atoms with E-state index in [0.717, 1.165) is 6.07 Å². The Balaban J connectivity index is 2.24. The third-order valence-electron chi connectivity index (χ3n) is 3.55. The second-order valence-electron chi connectivity index (χ2n) is 6.12. The van der Waals surface area contributed by atoms with E-state index in [1.165, 1.54) is 18.3 Å². The zero-order valence-electron chi connectivity index (χ0n) is 13.9. The predicted molar refractivity (Wildman–Crippen MR) is 85.2 cm³/mol. The fourth-order valence-electron chi connectivity index (χ4n) is 2.40. The van der Waals surface area contributed by atoms with Crippen LogP contribution in [0.3, 0.4) is 0 Å². The minimum absolute atomic E-state index is 0.0311. The van der Waals surface area contributed by atoms with Crippen LogP contribution in [0.1, 0.15) is 44.4 Å². The first-order valence-corrected chi connectivity index (χ1v) is 7.91. The van der Waals surface area contributed by atoms with Gasteiger partial charge in [-0.2, -0.15) is 13.2 Å². The molecule has 1 aromatic rings. The van der Waals surface area contributed by atoms with Gasteiger partial charge in [-0.15, -0.1) is 0 Å². The van der Waals surface area contributed by atoms with Gasteiger partial charge in [-0.05, 0) is 37.0 Å². The quantitative estimate of drug-likeness (QED) is 0.820. The summed E-state index contributed by atoms with van der Waals surface area (Å²) in [6, 6.07) is 3.26. The molecule has 0 fully saturated rings. The Morgan fingerprint density at radius 3 is 2.54 bits per heavy atom. The highest BCUT2D eigenvalue weighted by Crippen LogP contribution is 2.40. The predicted octanol–water partition coefficient (Wildman–Crippen LogP) is 3.76. The van der Waals surface area contributed by atoms with E-state index in [-0.39, 0.29) is 23.1 Å². The molecule has 1 aromatic carbocycles. The molecule has 2 atom stereocenters. The Kier molecular flexibility index (Phi) is 5.51. The van der Waals surface area contributed by atoms with Crippen molar-refractivity contribution in [2.45, 2.75) is 45.5 Å². The van der Waals surface area contributed by atoms with Crippen molar-refractivity contribution in [3.63, 3.8) is 0 Å². The van der Waals surface area contributed by atoms with E-state index in [0.29, 0.717) is 13.0 Å². The van der Waals surface area contributed by atoms with Gasteiger partial charge in [0.25, 0.3) is 5.91 Å². The van der Waals surface area contributed by atoms with Crippen molar-refractivity contribution in [2.75, 3.05) is 6.54 Å². The molecule has 24 heavy (non-hydrogen) atoms. The van der Waals surface area contributed by atoms with Gasteiger partial charge in [0.05, 0.1) is 5.56 Å². The average molecular weight is 342 g/mol. The first-order chi connectivity index (χ1) is 11.2. The Hall–Kier alpha value is -2.05. The molecule has 1 amide bonds. The van der Waals surface area contributed by atoms with Gasteiger partial charge in [-0.3, -0.25) is 9.79 Å². The molecule has 1 aliphatic rings. The largest absolute Gasteiger partial charge is 0.481 e. The first-order valence-electron chi connectivity index (χ1n) is 7.91. The summed E-state index contributed by atoms with van der Waals surface area (Å²) in [6.07, 6.45) is -3.45. The van der Waals surface area contributed by atoms with Crippen LogP contribution in [-0.2, 0) is 11.0 Å². The number of nitrogens with one attached hydrogen (secondary N) is 1. The average Bonchev–Trinajstić information content (AvgIpc) is 3.30. The van der Waals surface area contributed by atoms with Gasteiger partial charge >= 0.3 is 6.18 Å². The van der Waals surface area contributed by atoms with Crippen LogP contribution in [0.25, 0.3) is 0 Å². The third-order valence-corrected chi connectivity index (χ3v) is 3.55. The van der Waals surface area contributed by atoms with Crippen LogP contribution in [0.15, 0.2) is 23.2 Å². The van der Waals surface area contributed by atoms with Crippen LogP contribution < -0.4 is 10.1 Å². The molecule has 4 nitrogen and oxygen atoms in total. The number of hydrogen-bond acceptors (Lipinski definition) is 3. The van der Waals surface area contributed by atoms with Gasteiger partial charge in [-0.25, -0.2) is 0 Å². The number of halogens is 3. The van der Waals surface area contributed by atoms with Crippen molar-refractivity contribution in [1.29, 1.82) is 0 Å². The Bertz CT molecular complexity index is 621. The number of nitrogens with zero attached hydrogens (tertiary/aromatic N) is 1. The molecule has 2 rings (SSSR count). The smallest absolute Gasteiger partial charge is 0.416 e. The lowest BCUT2D eigenvalue weighted by Crippen LogP contribution is -2.39. The fraction of sp³-hybridized carbons (Fsp3) is 0.529. The summed E-state index contributed by atoms with van der Waals surface area (Å²) >= 11 is 0. The maximum atomic E-state index is 13.3. The molecular formula is C17H21F3N2O2. The van der Waals surface area contributed by atoms with Crippen molar-refractivity contribution < 1.29 is 22.7 Å². The maximum Gasteiger partial charge on any atom is 0.416 e. The number of benzene rings is 1. The number of rotatable bonds is 7. The highest BCUT2D eigenvalue weighted by molar-refractivity contribution is 5.81. The summed E-state index contributed by atoms with van der Waals surface area (Å²) in [5.41, 5.74) is -0.671. The highest BCUT2D eigenvalue weighted by Gasteiger charge is 2.37. The number of alkyl halides is 3. The number of carbonyl (C=O) groups excluding carboxylic acids is 1. The SMILES string of the molecule is CCNC(=O)C(CC(C)C)Oc1ccc(C2C=N2)c(C(F)(F)F)c1. The van der Waals surface area contributed by atoms with Gasteiger partial charge in [0.15, 0.2) is 6.10 Å². The number of likely N-dealkylation sites (N-methyl/N-ethyl adjacent to an activating group) is 1. The van der Waals surface area contributed by atoms with Crippen molar-refractivity contribution in [1.82, 2.24) is 5.32 Å². The van der Waals surface area contributed by atoms with E-state index in [4.69, 9.17) is 4.74 Å². The molecule has 2 unspecified atom stereocenters. The number of aliphatic imine (C=N–C) groups is 1. The van der Waals surface area contributed by atoms with Crippen LogP contribution in [0.4, 0.5) is 13.2 Å². The van der Waals surface area contributed by atoms with Crippen LogP contribution in [0.5, 0.6) is 5.75 Å². The van der Waals surface area contributed by atoms with Crippen LogP contribution >= 0.6 is 0 Å². The minimum Gasteiger partial charge on any atom is -0.481 e. The molecule has 132 valence electrons. The molecule has 1 aliphatic heterocycles. The van der Waals surface area contributed by atoms with E-state index in [1.54, 1.807) is 6.92 Å². The van der Waals surface area contributed by atoms with Crippen molar-refractivity contribution in [3.8, 4) is 5.75 Å². The molecule has 1 heterocycles. The number of ether oxygens (including phenoxy) is 1. The minimum atomic E-state index is -4.50. The summed E-state index contributed by atoms with van der Waals surface area (Å²) in [6.45, 7) is 6.05. The van der Waals surface area contributed by atoms with Gasteiger partial charge in [0.1, 0.15) is 11.8 Å². The first kappa shape index (κ1) is 18.3. The third kappa shape index (κ3) is 4.72. The summed E-state index contributed by atoms with van der Waals surface area (Å²) < 4.78 is 45.3. The maximum absolute atomic E-state index is 13.3. The molecule has 7 heteroatoms. The normalized spacial score (nSPS) is 17.7. The molecule has 0 aromatic heterocycles. The topological polar surface area (TPSA) is 50.7 Å². The van der Waals surface area contributed by atoms with Gasteiger partial charge in [-0.1, -0.05) is 19.9 Å². The highest BCUT2D eigenvalue weighted by atomic mass is 19.4. The van der Waals surface area contributed by atoms with E-state index >= 15 is 0 Å². The zero-order valence-corrected chi connectivity index (χ0v) is 13.9. The van der Waals surface area contributed by atoms with Crippen LogP contribution in [0, 0.1) is 5.92 Å². The molecule has 0 saturated heterocycles. The van der Waals surface area contributed by atoms with Gasteiger partial charge in [0, 0.05) is 12.8 Å². The van der Waals surface area contributed by atoms with Crippen molar-refractivity contribution >= 4 is 12.1 Å². The van der Waals surface area contributed by atoms with Gasteiger partial charge in [0.2, 0.25) is 0 Å². The molecule has 0 spiro atoms. The Labute approximate surface area is 139 Å². The van der Waals surface area contributed by atoms with Crippen molar-refractivity contribution in [2.24, 2.45) is 10.9 Å². The van der Waals surface area contributed by atoms with E-state index in [2.05, 4.69) is 10.3 Å². The second-order valence-corrected chi connectivity index (χ2v) is 6.12. The number of hydrogen-bond donors (Lipinski definition) is 1. The van der Waals surface area contributed by atoms with Crippen LogP contribution in [0.2, 0.25) is 0 Å². The molecule has 0 radical (unpaired) electrons. The van der Waals surface area contributed by atoms with E-state index < -0.39 is 23.9 Å². The molecule has 0 saturated carbocycles.